The van der Waals surface area contributed by atoms with Crippen molar-refractivity contribution >= 4 is 6.29 Å². The second-order valence-corrected chi connectivity index (χ2v) is 18.6. The Hall–Kier alpha value is -2.99. The van der Waals surface area contributed by atoms with Crippen LogP contribution in [0.2, 0.25) is 0 Å². The summed E-state index contributed by atoms with van der Waals surface area (Å²) in [5.74, 6) is -0.234. The highest BCUT2D eigenvalue weighted by atomic mass is 16.5. The maximum atomic E-state index is 13.1. The molecule has 0 unspecified atom stereocenters. The number of hydrogen-bond donors (Lipinski definition) is 7. The van der Waals surface area contributed by atoms with E-state index in [0.29, 0.717) is 70.1 Å². The van der Waals surface area contributed by atoms with Crippen LogP contribution in [0.15, 0.2) is 95.2 Å². The molecule has 58 heavy (non-hydrogen) atoms. The number of aldehydes is 1. The Morgan fingerprint density at radius 3 is 2.57 bits per heavy atom. The number of benzene rings is 1. The quantitative estimate of drug-likeness (QED) is 0.0535. The molecule has 6 bridgehead atoms. The first-order valence-electron chi connectivity index (χ1n) is 21.6. The van der Waals surface area contributed by atoms with Gasteiger partial charge in [0, 0.05) is 48.0 Å². The van der Waals surface area contributed by atoms with E-state index in [1.807, 2.05) is 39.1 Å². The summed E-state index contributed by atoms with van der Waals surface area (Å²) in [5.41, 5.74) is 2.52. The zero-order chi connectivity index (χ0) is 41.9. The highest BCUT2D eigenvalue weighted by Gasteiger charge is 2.79. The van der Waals surface area contributed by atoms with Gasteiger partial charge >= 0.3 is 0 Å². The maximum Gasteiger partial charge on any atom is 0.145 e. The van der Waals surface area contributed by atoms with Crippen molar-refractivity contribution in [2.75, 3.05) is 40.5 Å². The van der Waals surface area contributed by atoms with Gasteiger partial charge in [-0.1, -0.05) is 72.9 Å². The lowest BCUT2D eigenvalue weighted by molar-refractivity contribution is -0.256. The van der Waals surface area contributed by atoms with Crippen LogP contribution >= 0.6 is 0 Å². The third-order valence-corrected chi connectivity index (χ3v) is 15.5. The first kappa shape index (κ1) is 44.6. The van der Waals surface area contributed by atoms with Crippen molar-refractivity contribution in [1.29, 1.82) is 0 Å². The third kappa shape index (κ3) is 7.64. The molecule has 9 nitrogen and oxygen atoms in total. The van der Waals surface area contributed by atoms with Crippen LogP contribution in [-0.4, -0.2) is 95.8 Å². The monoisotopic (exact) mass is 799 g/mol. The Kier molecular flexibility index (Phi) is 13.8. The van der Waals surface area contributed by atoms with Crippen molar-refractivity contribution in [3.63, 3.8) is 0 Å². The van der Waals surface area contributed by atoms with Crippen LogP contribution < -0.4 is 10.6 Å². The largest absolute Gasteiger partial charge is 0.396 e. The summed E-state index contributed by atoms with van der Waals surface area (Å²) in [6.45, 7) is 11.4. The first-order valence-corrected chi connectivity index (χ1v) is 21.6. The number of rotatable bonds is 14. The van der Waals surface area contributed by atoms with Crippen molar-refractivity contribution in [1.82, 2.24) is 10.6 Å². The number of aliphatic hydroxyl groups excluding tert-OH is 4. The topological polar surface area (TPSA) is 152 Å². The minimum absolute atomic E-state index is 0.0366. The van der Waals surface area contributed by atoms with E-state index in [2.05, 4.69) is 66.6 Å². The lowest BCUT2D eigenvalue weighted by Crippen LogP contribution is -2.73. The number of carbonyl (C=O) groups excluding carboxylic acids is 1. The number of ether oxygens (including phenoxy) is 1. The summed E-state index contributed by atoms with van der Waals surface area (Å²) in [4.78, 5) is 12.6. The van der Waals surface area contributed by atoms with Crippen molar-refractivity contribution in [3.05, 3.63) is 106 Å². The molecule has 1 aliphatic heterocycles. The minimum Gasteiger partial charge on any atom is -0.396 e. The molecule has 3 saturated carbocycles. The van der Waals surface area contributed by atoms with Gasteiger partial charge in [0.1, 0.15) is 12.5 Å². The highest BCUT2D eigenvalue weighted by molar-refractivity contribution is 5.75. The van der Waals surface area contributed by atoms with E-state index in [-0.39, 0.29) is 36.5 Å². The van der Waals surface area contributed by atoms with Crippen molar-refractivity contribution in [2.45, 2.75) is 115 Å². The molecule has 10 atom stereocenters. The molecule has 0 amide bonds. The van der Waals surface area contributed by atoms with Crippen LogP contribution in [0.5, 0.6) is 0 Å². The van der Waals surface area contributed by atoms with Crippen LogP contribution in [0, 0.1) is 34.0 Å². The summed E-state index contributed by atoms with van der Waals surface area (Å²) in [6.07, 6.45) is 18.1. The van der Waals surface area contributed by atoms with Gasteiger partial charge in [-0.25, -0.2) is 0 Å². The van der Waals surface area contributed by atoms with Crippen molar-refractivity contribution < 1.29 is 35.1 Å². The van der Waals surface area contributed by atoms with Crippen LogP contribution in [0.25, 0.3) is 0 Å². The summed E-state index contributed by atoms with van der Waals surface area (Å²) in [5, 5.41) is 65.6. The first-order chi connectivity index (χ1) is 27.7. The highest BCUT2D eigenvalue weighted by Crippen LogP contribution is 2.80. The van der Waals surface area contributed by atoms with Gasteiger partial charge in [0.25, 0.3) is 0 Å². The molecular weight excluding hydrogens is 729 g/mol. The van der Waals surface area contributed by atoms with E-state index < -0.39 is 34.2 Å². The molecule has 1 heterocycles. The van der Waals surface area contributed by atoms with Gasteiger partial charge in [0.2, 0.25) is 0 Å². The predicted octanol–water partition coefficient (Wildman–Crippen LogP) is 5.82. The second kappa shape index (κ2) is 17.9. The molecule has 4 aliphatic carbocycles. The van der Waals surface area contributed by atoms with Gasteiger partial charge in [-0.05, 0) is 150 Å². The third-order valence-electron chi connectivity index (χ3n) is 15.5. The Balaban J connectivity index is 1.33. The number of fused-ring (bicyclic) bond motifs is 4. The number of methoxy groups -OCH3 is 1. The molecule has 3 fully saturated rings. The van der Waals surface area contributed by atoms with E-state index in [4.69, 9.17) is 4.74 Å². The zero-order valence-corrected chi connectivity index (χ0v) is 35.6. The fourth-order valence-electron chi connectivity index (χ4n) is 12.6. The molecule has 1 aromatic carbocycles. The summed E-state index contributed by atoms with van der Waals surface area (Å²) < 4.78 is 5.41. The smallest absolute Gasteiger partial charge is 0.145 e. The SMILES string of the molecule is C=C(/C=C/C=C(/CO)[C@]12CC[C@@]3([C@@H]1O)[C@@](O)(CCNC)C[C@@H]1C=C[C@H](CCO)[C@@]3(CC2)C1=C(C)C=O)[C@H]1C/C=C(\C)[C@@H](O)N[C@@](C)(CCOC)Cc2cccc(c2)C1. The molecule has 5 aliphatic rings. The Bertz CT molecular complexity index is 1830. The van der Waals surface area contributed by atoms with Crippen LogP contribution in [0.1, 0.15) is 89.7 Å². The number of hydrogen-bond acceptors (Lipinski definition) is 9. The number of allylic oxidation sites excluding steroid dienone is 9. The minimum atomic E-state index is -1.25. The fraction of sp³-hybridized carbons (Fsp3) is 0.612. The van der Waals surface area contributed by atoms with E-state index in [0.717, 1.165) is 47.8 Å². The van der Waals surface area contributed by atoms with Gasteiger partial charge < -0.3 is 35.6 Å². The average Bonchev–Trinajstić information content (AvgIpc) is 3.41. The van der Waals surface area contributed by atoms with E-state index in [9.17, 15) is 30.3 Å². The zero-order valence-electron chi connectivity index (χ0n) is 35.6. The summed E-state index contributed by atoms with van der Waals surface area (Å²) in [7, 11) is 3.57. The van der Waals surface area contributed by atoms with Crippen LogP contribution in [-0.2, 0) is 22.4 Å². The normalized spacial score (nSPS) is 39.3. The fourth-order valence-corrected chi connectivity index (χ4v) is 12.6. The standard InChI is InChI=1S/C49H70N2O7/c1-33(38-14-13-34(2)43(55)51-45(4,23-26-58-6)29-37-11-8-10-36(27-37)28-38)9-7-12-41(32-54)46-18-20-48-40(17-25-52)16-15-39(42(48)35(3)31-53)30-47(57,22-24-50-5)49(48,21-19-46)44(46)56/h7-13,15-16,27,31,38-40,43-44,50-52,54-57H,1,14,17-26,28-30,32H2,2-6H3/b9-7+,34-13+,41-12-,42-35?/t38-,39-,40+,43+,44+,45-,46-,47+,48-,49+/m0/s1. The van der Waals surface area contributed by atoms with E-state index in [1.54, 1.807) is 7.11 Å². The lowest BCUT2D eigenvalue weighted by Gasteiger charge is -2.71. The molecule has 318 valence electrons. The number of carbonyl (C=O) groups is 1. The lowest BCUT2D eigenvalue weighted by atomic mass is 9.34. The molecule has 6 rings (SSSR count). The van der Waals surface area contributed by atoms with Crippen molar-refractivity contribution in [3.8, 4) is 0 Å². The molecular formula is C49H70N2O7. The van der Waals surface area contributed by atoms with Crippen LogP contribution in [0.4, 0.5) is 0 Å². The Labute approximate surface area is 346 Å². The molecule has 2 spiro atoms. The molecule has 0 radical (unpaired) electrons. The summed E-state index contributed by atoms with van der Waals surface area (Å²) in [6, 6.07) is 8.66. The maximum absolute atomic E-state index is 13.1. The Morgan fingerprint density at radius 2 is 1.86 bits per heavy atom. The van der Waals surface area contributed by atoms with Gasteiger partial charge in [0.15, 0.2) is 0 Å². The Morgan fingerprint density at radius 1 is 1.10 bits per heavy atom. The molecule has 0 aromatic heterocycles. The van der Waals surface area contributed by atoms with Gasteiger partial charge in [-0.2, -0.15) is 0 Å². The van der Waals surface area contributed by atoms with Gasteiger partial charge in [0.05, 0.1) is 18.3 Å². The van der Waals surface area contributed by atoms with Crippen LogP contribution in [0.3, 0.4) is 0 Å². The summed E-state index contributed by atoms with van der Waals surface area (Å²) >= 11 is 0. The second-order valence-electron chi connectivity index (χ2n) is 18.6. The number of nitrogens with one attached hydrogen (secondary N) is 2. The van der Waals surface area contributed by atoms with Crippen molar-refractivity contribution in [2.24, 2.45) is 34.0 Å². The molecule has 0 saturated heterocycles. The average molecular weight is 799 g/mol. The molecule has 1 aromatic rings. The number of aliphatic hydroxyl groups is 5. The molecule has 7 N–H and O–H groups in total. The van der Waals surface area contributed by atoms with E-state index in [1.165, 1.54) is 11.1 Å². The van der Waals surface area contributed by atoms with E-state index >= 15 is 0 Å². The van der Waals surface area contributed by atoms with Gasteiger partial charge in [-0.3, -0.25) is 10.1 Å². The predicted molar refractivity (Wildman–Crippen MR) is 230 cm³/mol. The van der Waals surface area contributed by atoms with Gasteiger partial charge in [-0.15, -0.1) is 0 Å². The molecule has 9 heteroatoms.